The SMILES string of the molecule is COc1cccc([C@H](O)CNC(=O)c2ccc(C)c(N3CCNC3=O)c2)c1. The van der Waals surface area contributed by atoms with Crippen molar-refractivity contribution in [3.63, 3.8) is 0 Å². The minimum absolute atomic E-state index is 0.0689. The van der Waals surface area contributed by atoms with E-state index in [1.54, 1.807) is 48.4 Å². The average molecular weight is 369 g/mol. The van der Waals surface area contributed by atoms with Gasteiger partial charge in [-0.2, -0.15) is 0 Å². The minimum Gasteiger partial charge on any atom is -0.497 e. The Kier molecular flexibility index (Phi) is 5.61. The van der Waals surface area contributed by atoms with Crippen molar-refractivity contribution >= 4 is 17.6 Å². The van der Waals surface area contributed by atoms with Gasteiger partial charge in [-0.25, -0.2) is 4.79 Å². The van der Waals surface area contributed by atoms with Gasteiger partial charge in [0, 0.05) is 30.9 Å². The highest BCUT2D eigenvalue weighted by Gasteiger charge is 2.23. The number of amides is 3. The second-order valence-electron chi connectivity index (χ2n) is 6.39. The molecule has 3 N–H and O–H groups in total. The predicted octanol–water partition coefficient (Wildman–Crippen LogP) is 2.00. The number of hydrogen-bond donors (Lipinski definition) is 3. The van der Waals surface area contributed by atoms with Gasteiger partial charge in [0.15, 0.2) is 0 Å². The van der Waals surface area contributed by atoms with Gasteiger partial charge in [-0.05, 0) is 42.3 Å². The van der Waals surface area contributed by atoms with E-state index in [2.05, 4.69) is 10.6 Å². The molecule has 142 valence electrons. The van der Waals surface area contributed by atoms with E-state index in [0.29, 0.717) is 35.7 Å². The Morgan fingerprint density at radius 1 is 1.33 bits per heavy atom. The summed E-state index contributed by atoms with van der Waals surface area (Å²) < 4.78 is 5.15. The third-order valence-corrected chi connectivity index (χ3v) is 4.55. The van der Waals surface area contributed by atoms with Crippen LogP contribution in [-0.4, -0.2) is 43.8 Å². The summed E-state index contributed by atoms with van der Waals surface area (Å²) in [5, 5.41) is 15.8. The zero-order chi connectivity index (χ0) is 19.4. The summed E-state index contributed by atoms with van der Waals surface area (Å²) >= 11 is 0. The molecule has 3 rings (SSSR count). The normalized spacial score (nSPS) is 14.6. The van der Waals surface area contributed by atoms with Crippen LogP contribution >= 0.6 is 0 Å². The van der Waals surface area contributed by atoms with E-state index in [1.165, 1.54) is 0 Å². The molecule has 1 aliphatic rings. The van der Waals surface area contributed by atoms with Gasteiger partial charge in [0.2, 0.25) is 0 Å². The second-order valence-corrected chi connectivity index (χ2v) is 6.39. The van der Waals surface area contributed by atoms with Gasteiger partial charge < -0.3 is 20.5 Å². The number of hydrogen-bond acceptors (Lipinski definition) is 4. The molecule has 2 aromatic carbocycles. The maximum Gasteiger partial charge on any atom is 0.322 e. The third-order valence-electron chi connectivity index (χ3n) is 4.55. The van der Waals surface area contributed by atoms with E-state index in [-0.39, 0.29) is 18.5 Å². The third kappa shape index (κ3) is 4.20. The van der Waals surface area contributed by atoms with Gasteiger partial charge in [0.25, 0.3) is 5.91 Å². The molecule has 7 nitrogen and oxygen atoms in total. The fraction of sp³-hybridized carbons (Fsp3) is 0.300. The zero-order valence-corrected chi connectivity index (χ0v) is 15.4. The van der Waals surface area contributed by atoms with Crippen molar-refractivity contribution in [1.29, 1.82) is 0 Å². The number of carbonyl (C=O) groups excluding carboxylic acids is 2. The Bertz CT molecular complexity index is 853. The molecular formula is C20H23N3O4. The highest BCUT2D eigenvalue weighted by Crippen LogP contribution is 2.23. The number of carbonyl (C=O) groups is 2. The Labute approximate surface area is 157 Å². The van der Waals surface area contributed by atoms with Gasteiger partial charge in [0.1, 0.15) is 5.75 Å². The van der Waals surface area contributed by atoms with Crippen LogP contribution in [-0.2, 0) is 0 Å². The molecule has 0 spiro atoms. The van der Waals surface area contributed by atoms with Gasteiger partial charge >= 0.3 is 6.03 Å². The van der Waals surface area contributed by atoms with E-state index in [4.69, 9.17) is 4.74 Å². The summed E-state index contributed by atoms with van der Waals surface area (Å²) in [5.74, 6) is 0.336. The minimum atomic E-state index is -0.849. The van der Waals surface area contributed by atoms with Crippen LogP contribution in [0.15, 0.2) is 42.5 Å². The summed E-state index contributed by atoms with van der Waals surface area (Å²) in [5.41, 5.74) is 2.73. The number of nitrogens with zero attached hydrogens (tertiary/aromatic N) is 1. The Hall–Kier alpha value is -3.06. The molecule has 2 aromatic rings. The van der Waals surface area contributed by atoms with E-state index >= 15 is 0 Å². The molecule has 27 heavy (non-hydrogen) atoms. The molecule has 1 saturated heterocycles. The van der Waals surface area contributed by atoms with E-state index in [0.717, 1.165) is 5.56 Å². The fourth-order valence-corrected chi connectivity index (χ4v) is 3.00. The lowest BCUT2D eigenvalue weighted by molar-refractivity contribution is 0.0916. The van der Waals surface area contributed by atoms with Gasteiger partial charge in [-0.1, -0.05) is 18.2 Å². The van der Waals surface area contributed by atoms with E-state index < -0.39 is 6.10 Å². The highest BCUT2D eigenvalue weighted by atomic mass is 16.5. The van der Waals surface area contributed by atoms with Crippen molar-refractivity contribution in [2.75, 3.05) is 31.6 Å². The standard InChI is InChI=1S/C20H23N3O4/c1-13-6-7-15(11-17(13)23-9-8-21-20(23)26)19(25)22-12-18(24)14-4-3-5-16(10-14)27-2/h3-7,10-11,18,24H,8-9,12H2,1-2H3,(H,21,26)(H,22,25)/t18-/m1/s1. The van der Waals surface area contributed by atoms with Gasteiger partial charge in [-0.3, -0.25) is 9.69 Å². The summed E-state index contributed by atoms with van der Waals surface area (Å²) in [6.07, 6.45) is -0.849. The first-order valence-corrected chi connectivity index (χ1v) is 8.76. The van der Waals surface area contributed by atoms with E-state index in [1.807, 2.05) is 13.0 Å². The average Bonchev–Trinajstić information content (AvgIpc) is 3.12. The quantitative estimate of drug-likeness (QED) is 0.726. The predicted molar refractivity (Wildman–Crippen MR) is 102 cm³/mol. The molecular weight excluding hydrogens is 346 g/mol. The van der Waals surface area contributed by atoms with Crippen LogP contribution in [0.25, 0.3) is 0 Å². The largest absolute Gasteiger partial charge is 0.497 e. The number of aryl methyl sites for hydroxylation is 1. The van der Waals surface area contributed by atoms with Crippen LogP contribution in [0.1, 0.15) is 27.6 Å². The number of anilines is 1. The smallest absolute Gasteiger partial charge is 0.322 e. The molecule has 1 atom stereocenters. The molecule has 0 radical (unpaired) electrons. The van der Waals surface area contributed by atoms with Gasteiger partial charge in [-0.15, -0.1) is 0 Å². The van der Waals surface area contributed by atoms with E-state index in [9.17, 15) is 14.7 Å². The van der Waals surface area contributed by atoms with Crippen molar-refractivity contribution in [2.24, 2.45) is 0 Å². The second kappa shape index (κ2) is 8.09. The molecule has 3 amide bonds. The van der Waals surface area contributed by atoms with Crippen molar-refractivity contribution in [3.05, 3.63) is 59.2 Å². The Morgan fingerprint density at radius 2 is 2.15 bits per heavy atom. The lowest BCUT2D eigenvalue weighted by atomic mass is 10.1. The number of benzene rings is 2. The number of nitrogens with one attached hydrogen (secondary N) is 2. The Morgan fingerprint density at radius 3 is 2.85 bits per heavy atom. The lowest BCUT2D eigenvalue weighted by Crippen LogP contribution is -2.30. The van der Waals surface area contributed by atoms with Crippen LogP contribution < -0.4 is 20.3 Å². The molecule has 0 saturated carbocycles. The molecule has 1 heterocycles. The summed E-state index contributed by atoms with van der Waals surface area (Å²) in [7, 11) is 1.56. The first kappa shape index (κ1) is 18.7. The number of methoxy groups -OCH3 is 1. The monoisotopic (exact) mass is 369 g/mol. The Balaban J connectivity index is 1.68. The van der Waals surface area contributed by atoms with Crippen LogP contribution in [0.3, 0.4) is 0 Å². The zero-order valence-electron chi connectivity index (χ0n) is 15.4. The highest BCUT2D eigenvalue weighted by molar-refractivity contribution is 5.99. The number of aliphatic hydroxyl groups is 1. The van der Waals surface area contributed by atoms with Crippen LogP contribution in [0.5, 0.6) is 5.75 Å². The number of aliphatic hydroxyl groups excluding tert-OH is 1. The first-order valence-electron chi connectivity index (χ1n) is 8.76. The molecule has 1 fully saturated rings. The number of rotatable bonds is 6. The summed E-state index contributed by atoms with van der Waals surface area (Å²) in [4.78, 5) is 26.0. The van der Waals surface area contributed by atoms with Crippen LogP contribution in [0.2, 0.25) is 0 Å². The van der Waals surface area contributed by atoms with Crippen LogP contribution in [0, 0.1) is 6.92 Å². The van der Waals surface area contributed by atoms with Crippen molar-refractivity contribution in [2.45, 2.75) is 13.0 Å². The number of ether oxygens (including phenoxy) is 1. The summed E-state index contributed by atoms with van der Waals surface area (Å²) in [6, 6.07) is 12.1. The molecule has 7 heteroatoms. The lowest BCUT2D eigenvalue weighted by Gasteiger charge is -2.18. The molecule has 0 unspecified atom stereocenters. The number of urea groups is 1. The van der Waals surface area contributed by atoms with Crippen molar-refractivity contribution < 1.29 is 19.4 Å². The topological polar surface area (TPSA) is 90.9 Å². The maximum absolute atomic E-state index is 12.5. The first-order chi connectivity index (χ1) is 13.0. The van der Waals surface area contributed by atoms with Crippen molar-refractivity contribution in [1.82, 2.24) is 10.6 Å². The fourth-order valence-electron chi connectivity index (χ4n) is 3.00. The molecule has 0 aromatic heterocycles. The maximum atomic E-state index is 12.5. The summed E-state index contributed by atoms with van der Waals surface area (Å²) in [6.45, 7) is 3.12. The van der Waals surface area contributed by atoms with Gasteiger partial charge in [0.05, 0.1) is 13.2 Å². The molecule has 1 aliphatic heterocycles. The van der Waals surface area contributed by atoms with Crippen molar-refractivity contribution in [3.8, 4) is 5.75 Å². The molecule has 0 aliphatic carbocycles. The molecule has 0 bridgehead atoms. The van der Waals surface area contributed by atoms with Crippen LogP contribution in [0.4, 0.5) is 10.5 Å².